The van der Waals surface area contributed by atoms with Gasteiger partial charge in [-0.3, -0.25) is 0 Å². The summed E-state index contributed by atoms with van der Waals surface area (Å²) in [7, 11) is 0. The van der Waals surface area contributed by atoms with Crippen LogP contribution in [0.25, 0.3) is 0 Å². The van der Waals surface area contributed by atoms with Crippen molar-refractivity contribution in [2.75, 3.05) is 0 Å². The van der Waals surface area contributed by atoms with Crippen LogP contribution >= 0.6 is 11.6 Å². The van der Waals surface area contributed by atoms with Crippen molar-refractivity contribution in [3.8, 4) is 11.6 Å². The van der Waals surface area contributed by atoms with Crippen LogP contribution < -0.4 is 4.74 Å². The Hall–Kier alpha value is -2.14. The number of halogens is 2. The number of carboxylic acid groups (broad SMARTS) is 1. The summed E-state index contributed by atoms with van der Waals surface area (Å²) >= 11 is 5.82. The molecule has 1 aromatic heterocycles. The van der Waals surface area contributed by atoms with Gasteiger partial charge in [0.15, 0.2) is 0 Å². The van der Waals surface area contributed by atoms with Crippen LogP contribution in [0.1, 0.15) is 10.4 Å². The smallest absolute Gasteiger partial charge is 0.339 e. The summed E-state index contributed by atoms with van der Waals surface area (Å²) in [5.74, 6) is -1.96. The molecule has 0 atom stereocenters. The first-order valence-electron chi connectivity index (χ1n) is 4.89. The second-order valence-corrected chi connectivity index (χ2v) is 3.75. The Morgan fingerprint density at radius 2 is 2.17 bits per heavy atom. The summed E-state index contributed by atoms with van der Waals surface area (Å²) in [4.78, 5) is 14.8. The SMILES string of the molecule is O=C(O)c1ccc(F)cc1Oc1ncccc1Cl. The fourth-order valence-electron chi connectivity index (χ4n) is 1.31. The van der Waals surface area contributed by atoms with E-state index in [1.807, 2.05) is 0 Å². The Kier molecular flexibility index (Phi) is 3.43. The maximum Gasteiger partial charge on any atom is 0.339 e. The maximum absolute atomic E-state index is 13.1. The van der Waals surface area contributed by atoms with Crippen molar-refractivity contribution in [3.63, 3.8) is 0 Å². The molecule has 0 aliphatic carbocycles. The average Bonchev–Trinajstić information content (AvgIpc) is 2.32. The molecule has 0 radical (unpaired) electrons. The number of benzene rings is 1. The number of aromatic carboxylic acids is 1. The van der Waals surface area contributed by atoms with Crippen LogP contribution in [0.4, 0.5) is 4.39 Å². The van der Waals surface area contributed by atoms with Gasteiger partial charge >= 0.3 is 5.97 Å². The highest BCUT2D eigenvalue weighted by Crippen LogP contribution is 2.29. The van der Waals surface area contributed by atoms with Crippen molar-refractivity contribution in [1.82, 2.24) is 4.98 Å². The summed E-state index contributed by atoms with van der Waals surface area (Å²) in [5.41, 5.74) is -0.168. The third kappa shape index (κ3) is 2.57. The van der Waals surface area contributed by atoms with E-state index < -0.39 is 11.8 Å². The zero-order chi connectivity index (χ0) is 13.1. The summed E-state index contributed by atoms with van der Waals surface area (Å²) < 4.78 is 18.3. The van der Waals surface area contributed by atoms with E-state index in [2.05, 4.69) is 4.98 Å². The van der Waals surface area contributed by atoms with Crippen LogP contribution in [0.5, 0.6) is 11.6 Å². The highest BCUT2D eigenvalue weighted by Gasteiger charge is 2.14. The molecule has 2 rings (SSSR count). The van der Waals surface area contributed by atoms with Crippen molar-refractivity contribution in [3.05, 3.63) is 52.9 Å². The van der Waals surface area contributed by atoms with Crippen LogP contribution in [-0.2, 0) is 0 Å². The molecule has 2 aromatic rings. The Morgan fingerprint density at radius 1 is 1.39 bits per heavy atom. The quantitative estimate of drug-likeness (QED) is 0.926. The molecule has 6 heteroatoms. The number of aromatic nitrogens is 1. The molecule has 1 N–H and O–H groups in total. The lowest BCUT2D eigenvalue weighted by Crippen LogP contribution is -2.01. The van der Waals surface area contributed by atoms with Crippen molar-refractivity contribution < 1.29 is 19.0 Å². The van der Waals surface area contributed by atoms with Crippen LogP contribution in [-0.4, -0.2) is 16.1 Å². The van der Waals surface area contributed by atoms with Crippen molar-refractivity contribution in [1.29, 1.82) is 0 Å². The molecule has 0 bridgehead atoms. The van der Waals surface area contributed by atoms with Gasteiger partial charge in [0.05, 0.1) is 0 Å². The monoisotopic (exact) mass is 267 g/mol. The van der Waals surface area contributed by atoms with Gasteiger partial charge in [-0.05, 0) is 24.3 Å². The zero-order valence-electron chi connectivity index (χ0n) is 8.93. The van der Waals surface area contributed by atoms with Crippen LogP contribution in [0, 0.1) is 5.82 Å². The van der Waals surface area contributed by atoms with Crippen molar-refractivity contribution in [2.45, 2.75) is 0 Å². The molecular weight excluding hydrogens is 261 g/mol. The molecule has 0 spiro atoms. The van der Waals surface area contributed by atoms with Gasteiger partial charge in [0.25, 0.3) is 0 Å². The number of hydrogen-bond acceptors (Lipinski definition) is 3. The summed E-state index contributed by atoms with van der Waals surface area (Å²) in [5, 5.41) is 9.15. The van der Waals surface area contributed by atoms with Gasteiger partial charge in [0.1, 0.15) is 22.2 Å². The van der Waals surface area contributed by atoms with Gasteiger partial charge < -0.3 is 9.84 Å². The number of carboxylic acids is 1. The Morgan fingerprint density at radius 3 is 2.83 bits per heavy atom. The van der Waals surface area contributed by atoms with Gasteiger partial charge in [-0.2, -0.15) is 0 Å². The van der Waals surface area contributed by atoms with Gasteiger partial charge in [0, 0.05) is 12.3 Å². The second kappa shape index (κ2) is 5.01. The van der Waals surface area contributed by atoms with E-state index >= 15 is 0 Å². The molecule has 0 saturated carbocycles. The molecule has 4 nitrogen and oxygen atoms in total. The standard InChI is InChI=1S/C12H7ClFNO3/c13-9-2-1-5-15-11(9)18-10-6-7(14)3-4-8(10)12(16)17/h1-6H,(H,16,17). The molecular formula is C12H7ClFNO3. The Labute approximate surface area is 107 Å². The molecule has 1 heterocycles. The number of rotatable bonds is 3. The first-order valence-corrected chi connectivity index (χ1v) is 5.27. The average molecular weight is 268 g/mol. The van der Waals surface area contributed by atoms with Crippen LogP contribution in [0.15, 0.2) is 36.5 Å². The molecule has 0 saturated heterocycles. The van der Waals surface area contributed by atoms with E-state index in [4.69, 9.17) is 21.4 Å². The normalized spacial score (nSPS) is 10.1. The van der Waals surface area contributed by atoms with E-state index in [1.54, 1.807) is 6.07 Å². The van der Waals surface area contributed by atoms with Crippen molar-refractivity contribution >= 4 is 17.6 Å². The minimum absolute atomic E-state index is 0.0206. The van der Waals surface area contributed by atoms with E-state index in [9.17, 15) is 9.18 Å². The number of pyridine rings is 1. The van der Waals surface area contributed by atoms with E-state index in [0.717, 1.165) is 18.2 Å². The molecule has 0 amide bonds. The predicted octanol–water partition coefficient (Wildman–Crippen LogP) is 3.36. The van der Waals surface area contributed by atoms with Gasteiger partial charge in [0.2, 0.25) is 5.88 Å². The molecule has 0 aliphatic heterocycles. The minimum Gasteiger partial charge on any atom is -0.478 e. The summed E-state index contributed by atoms with van der Waals surface area (Å²) in [6, 6.07) is 6.25. The fourth-order valence-corrected chi connectivity index (χ4v) is 1.47. The van der Waals surface area contributed by atoms with Crippen LogP contribution in [0.2, 0.25) is 5.02 Å². The second-order valence-electron chi connectivity index (χ2n) is 3.34. The topological polar surface area (TPSA) is 59.4 Å². The largest absolute Gasteiger partial charge is 0.478 e. The highest BCUT2D eigenvalue weighted by molar-refractivity contribution is 6.31. The molecule has 0 unspecified atom stereocenters. The van der Waals surface area contributed by atoms with Gasteiger partial charge in [-0.15, -0.1) is 0 Å². The first-order chi connectivity index (χ1) is 8.58. The molecule has 0 aliphatic rings. The maximum atomic E-state index is 13.1. The van der Waals surface area contributed by atoms with E-state index in [1.165, 1.54) is 12.3 Å². The predicted molar refractivity (Wildman–Crippen MR) is 62.7 cm³/mol. The third-order valence-electron chi connectivity index (χ3n) is 2.11. The lowest BCUT2D eigenvalue weighted by molar-refractivity contribution is 0.0694. The third-order valence-corrected chi connectivity index (χ3v) is 2.39. The van der Waals surface area contributed by atoms with E-state index in [-0.39, 0.29) is 22.2 Å². The lowest BCUT2D eigenvalue weighted by Gasteiger charge is -2.08. The van der Waals surface area contributed by atoms with Crippen molar-refractivity contribution in [2.24, 2.45) is 0 Å². The van der Waals surface area contributed by atoms with Crippen LogP contribution in [0.3, 0.4) is 0 Å². The molecule has 92 valence electrons. The Balaban J connectivity index is 2.42. The number of nitrogens with zero attached hydrogens (tertiary/aromatic N) is 1. The number of carbonyl (C=O) groups is 1. The Bertz CT molecular complexity index is 604. The molecule has 18 heavy (non-hydrogen) atoms. The zero-order valence-corrected chi connectivity index (χ0v) is 9.69. The minimum atomic E-state index is -1.22. The van der Waals surface area contributed by atoms with Gasteiger partial charge in [-0.25, -0.2) is 14.2 Å². The lowest BCUT2D eigenvalue weighted by atomic mass is 10.2. The summed E-state index contributed by atoms with van der Waals surface area (Å²) in [6.07, 6.45) is 1.43. The fraction of sp³-hybridized carbons (Fsp3) is 0. The molecule has 0 fully saturated rings. The highest BCUT2D eigenvalue weighted by atomic mass is 35.5. The van der Waals surface area contributed by atoms with E-state index in [0.29, 0.717) is 0 Å². The number of hydrogen-bond donors (Lipinski definition) is 1. The summed E-state index contributed by atoms with van der Waals surface area (Å²) in [6.45, 7) is 0. The van der Waals surface area contributed by atoms with Gasteiger partial charge in [-0.1, -0.05) is 11.6 Å². The molecule has 1 aromatic carbocycles. The number of ether oxygens (including phenoxy) is 1. The first kappa shape index (κ1) is 12.3.